The highest BCUT2D eigenvalue weighted by Gasteiger charge is 2.18. The molecule has 9 rings (SSSR count). The molecular weight excluding hydrogens is 641 g/mol. The van der Waals surface area contributed by atoms with Crippen LogP contribution in [-0.2, 0) is 11.5 Å². The van der Waals surface area contributed by atoms with Crippen LogP contribution >= 0.6 is 11.8 Å². The van der Waals surface area contributed by atoms with Gasteiger partial charge in [-0.1, -0.05) is 48.5 Å². The van der Waals surface area contributed by atoms with Crippen LogP contribution in [0.25, 0.3) is 77.9 Å². The van der Waals surface area contributed by atoms with Gasteiger partial charge in [0.1, 0.15) is 0 Å². The second-order valence-corrected chi connectivity index (χ2v) is 13.8. The van der Waals surface area contributed by atoms with Crippen LogP contribution in [0.3, 0.4) is 0 Å². The number of hydrogen-bond donors (Lipinski definition) is 0. The molecule has 0 saturated carbocycles. The molecule has 0 fully saturated rings. The summed E-state index contributed by atoms with van der Waals surface area (Å²) in [7, 11) is 0. The van der Waals surface area contributed by atoms with E-state index >= 15 is 0 Å². The fourth-order valence-corrected chi connectivity index (χ4v) is 7.97. The van der Waals surface area contributed by atoms with E-state index < -0.39 is 0 Å². The molecule has 8 aromatic rings. The van der Waals surface area contributed by atoms with Crippen LogP contribution in [0.15, 0.2) is 171 Å². The highest BCUT2D eigenvalue weighted by molar-refractivity contribution is 7.97. The summed E-state index contributed by atoms with van der Waals surface area (Å²) in [6, 6.07) is 44.0. The predicted molar refractivity (Wildman–Crippen MR) is 211 cm³/mol. The van der Waals surface area contributed by atoms with Crippen molar-refractivity contribution < 1.29 is 0 Å². The summed E-state index contributed by atoms with van der Waals surface area (Å²) in [5.74, 6) is 1.94. The Hall–Kier alpha value is -6.17. The summed E-state index contributed by atoms with van der Waals surface area (Å²) in [6.45, 7) is 0. The molecule has 1 aliphatic heterocycles. The van der Waals surface area contributed by atoms with Crippen LogP contribution in [0.4, 0.5) is 0 Å². The first-order valence-corrected chi connectivity index (χ1v) is 18.2. The molecule has 1 aliphatic rings. The molecule has 0 aliphatic carbocycles. The zero-order chi connectivity index (χ0) is 34.0. The minimum Gasteiger partial charge on any atom is -0.264 e. The van der Waals surface area contributed by atoms with Gasteiger partial charge in [-0.3, -0.25) is 19.9 Å². The number of rotatable bonds is 6. The second-order valence-electron chi connectivity index (χ2n) is 12.8. The highest BCUT2D eigenvalue weighted by Crippen LogP contribution is 2.42. The predicted octanol–water partition coefficient (Wildman–Crippen LogP) is 11.7. The van der Waals surface area contributed by atoms with Crippen LogP contribution in [0.2, 0.25) is 0 Å². The van der Waals surface area contributed by atoms with Crippen LogP contribution < -0.4 is 0 Å². The first kappa shape index (κ1) is 30.9. The molecule has 0 unspecified atom stereocenters. The van der Waals surface area contributed by atoms with Crippen LogP contribution in [0.5, 0.6) is 0 Å². The topological polar surface area (TPSA) is 51.6 Å². The van der Waals surface area contributed by atoms with Gasteiger partial charge in [-0.15, -0.1) is 0 Å². The van der Waals surface area contributed by atoms with Crippen molar-refractivity contribution in [2.24, 2.45) is 0 Å². The SMILES string of the molecule is c1cncc(-c2cc(-c3cccnc3)cc(-c3ccc4c(c3)-c3cc(-c5cc(-c6cccnc6)cc(-c6cccnc6)c5)ccc3CSC4)c2)c1. The maximum atomic E-state index is 4.42. The highest BCUT2D eigenvalue weighted by atomic mass is 32.2. The van der Waals surface area contributed by atoms with Crippen LogP contribution in [0, 0.1) is 0 Å². The summed E-state index contributed by atoms with van der Waals surface area (Å²) < 4.78 is 0. The van der Waals surface area contributed by atoms with E-state index in [0.29, 0.717) is 0 Å². The quantitative estimate of drug-likeness (QED) is 0.176. The van der Waals surface area contributed by atoms with Crippen molar-refractivity contribution in [3.8, 4) is 77.9 Å². The van der Waals surface area contributed by atoms with Gasteiger partial charge in [0.15, 0.2) is 0 Å². The molecule has 242 valence electrons. The van der Waals surface area contributed by atoms with E-state index in [0.717, 1.165) is 67.1 Å². The number of fused-ring (bicyclic) bond motifs is 3. The summed E-state index contributed by atoms with van der Waals surface area (Å²) in [5, 5.41) is 0. The Morgan fingerprint density at radius 1 is 0.314 bits per heavy atom. The lowest BCUT2D eigenvalue weighted by atomic mass is 9.88. The van der Waals surface area contributed by atoms with Crippen LogP contribution in [-0.4, -0.2) is 19.9 Å². The second kappa shape index (κ2) is 13.6. The van der Waals surface area contributed by atoms with Gasteiger partial charge in [-0.05, 0) is 140 Å². The molecule has 0 radical (unpaired) electrons. The molecule has 0 N–H and O–H groups in total. The van der Waals surface area contributed by atoms with Crippen molar-refractivity contribution in [2.45, 2.75) is 11.5 Å². The number of hydrogen-bond acceptors (Lipinski definition) is 5. The van der Waals surface area contributed by atoms with Gasteiger partial charge < -0.3 is 0 Å². The van der Waals surface area contributed by atoms with E-state index in [2.05, 4.69) is 117 Å². The summed E-state index contributed by atoms with van der Waals surface area (Å²) in [5.41, 5.74) is 18.9. The van der Waals surface area contributed by atoms with Crippen molar-refractivity contribution in [1.82, 2.24) is 19.9 Å². The van der Waals surface area contributed by atoms with Crippen LogP contribution in [0.1, 0.15) is 11.1 Å². The third kappa shape index (κ3) is 6.36. The van der Waals surface area contributed by atoms with Gasteiger partial charge in [0.25, 0.3) is 0 Å². The van der Waals surface area contributed by atoms with Gasteiger partial charge in [0.2, 0.25) is 0 Å². The largest absolute Gasteiger partial charge is 0.264 e. The monoisotopic (exact) mass is 672 g/mol. The average molecular weight is 673 g/mol. The lowest BCUT2D eigenvalue weighted by molar-refractivity contribution is 1.32. The average Bonchev–Trinajstić information content (AvgIpc) is 3.40. The first-order valence-electron chi connectivity index (χ1n) is 17.0. The number of benzene rings is 4. The Morgan fingerprint density at radius 2 is 0.627 bits per heavy atom. The molecule has 5 heteroatoms. The Kier molecular flexibility index (Phi) is 8.24. The van der Waals surface area contributed by atoms with Gasteiger partial charge in [0, 0.05) is 83.3 Å². The third-order valence-corrected chi connectivity index (χ3v) is 10.6. The maximum absolute atomic E-state index is 4.42. The maximum Gasteiger partial charge on any atom is 0.0346 e. The molecule has 4 aromatic heterocycles. The Balaban J connectivity index is 1.18. The minimum absolute atomic E-state index is 0.970. The summed E-state index contributed by atoms with van der Waals surface area (Å²) in [4.78, 5) is 17.7. The zero-order valence-corrected chi connectivity index (χ0v) is 28.6. The molecule has 0 amide bonds. The van der Waals surface area contributed by atoms with E-state index in [1.165, 1.54) is 33.4 Å². The van der Waals surface area contributed by atoms with E-state index in [4.69, 9.17) is 0 Å². The summed E-state index contributed by atoms with van der Waals surface area (Å²) >= 11 is 1.98. The number of thioether (sulfide) groups is 1. The molecular formula is C46H32N4S. The van der Waals surface area contributed by atoms with Gasteiger partial charge in [-0.25, -0.2) is 0 Å². The minimum atomic E-state index is 0.970. The fraction of sp³-hybridized carbons (Fsp3) is 0.0435. The molecule has 0 bridgehead atoms. The number of pyridine rings is 4. The summed E-state index contributed by atoms with van der Waals surface area (Å²) in [6.07, 6.45) is 15.0. The van der Waals surface area contributed by atoms with Gasteiger partial charge >= 0.3 is 0 Å². The standard InChI is InChI=1S/C46H32N4S/c1-5-33(25-47-13-1)41-17-39(18-42(21-41)34-6-2-14-48-26-34)31-9-11-37-29-51-30-38-12-10-32(24-46(38)45(37)23-31)40-19-43(35-7-3-15-49-27-35)22-44(20-40)36-8-4-16-50-28-36/h1-28H,29-30H2. The van der Waals surface area contributed by atoms with Gasteiger partial charge in [0.05, 0.1) is 0 Å². The molecule has 4 aromatic carbocycles. The van der Waals surface area contributed by atoms with E-state index in [1.807, 2.05) is 85.6 Å². The molecule has 0 atom stereocenters. The zero-order valence-electron chi connectivity index (χ0n) is 27.8. The molecule has 51 heavy (non-hydrogen) atoms. The van der Waals surface area contributed by atoms with Crippen molar-refractivity contribution in [1.29, 1.82) is 0 Å². The van der Waals surface area contributed by atoms with Crippen molar-refractivity contribution in [3.05, 3.63) is 182 Å². The first-order chi connectivity index (χ1) is 25.2. The third-order valence-electron chi connectivity index (χ3n) is 9.54. The van der Waals surface area contributed by atoms with Crippen molar-refractivity contribution >= 4 is 11.8 Å². The van der Waals surface area contributed by atoms with Crippen molar-refractivity contribution in [2.75, 3.05) is 0 Å². The van der Waals surface area contributed by atoms with E-state index in [-0.39, 0.29) is 0 Å². The number of aromatic nitrogens is 4. The number of nitrogens with zero attached hydrogens (tertiary/aromatic N) is 4. The molecule has 0 spiro atoms. The van der Waals surface area contributed by atoms with E-state index in [1.54, 1.807) is 0 Å². The molecule has 4 nitrogen and oxygen atoms in total. The fourth-order valence-electron chi connectivity index (χ4n) is 6.93. The molecule has 0 saturated heterocycles. The molecule has 5 heterocycles. The Bertz CT molecular complexity index is 2190. The Morgan fingerprint density at radius 3 is 0.922 bits per heavy atom. The Labute approximate surface area is 302 Å². The lowest BCUT2D eigenvalue weighted by Gasteiger charge is -2.16. The van der Waals surface area contributed by atoms with Crippen molar-refractivity contribution in [3.63, 3.8) is 0 Å². The lowest BCUT2D eigenvalue weighted by Crippen LogP contribution is -1.93. The normalized spacial score (nSPS) is 12.1. The van der Waals surface area contributed by atoms with E-state index in [9.17, 15) is 0 Å². The smallest absolute Gasteiger partial charge is 0.0346 e. The van der Waals surface area contributed by atoms with Gasteiger partial charge in [-0.2, -0.15) is 11.8 Å².